The van der Waals surface area contributed by atoms with Gasteiger partial charge in [-0.25, -0.2) is 9.37 Å². The van der Waals surface area contributed by atoms with Gasteiger partial charge in [-0.15, -0.1) is 11.3 Å². The highest BCUT2D eigenvalue weighted by atomic mass is 35.5. The maximum Gasteiger partial charge on any atom is 0.305 e. The average Bonchev–Trinajstić information content (AvgIpc) is 3.13. The normalized spacial score (nSPS) is 11.8. The maximum atomic E-state index is 13.5. The molecular formula is C19H13Cl2FN2O3S. The first-order chi connectivity index (χ1) is 13.3. The molecule has 0 aliphatic heterocycles. The summed E-state index contributed by atoms with van der Waals surface area (Å²) in [6, 6.07) is 9.62. The standard InChI is InChI=1S/C19H13Cl2FN2O3S/c20-13-6-2-5-12(17(13)21)19-24-15(9-28-19)18(27)23-14(8-16(25)26)10-3-1-4-11(22)7-10/h1-7,9,14H,8H2,(H,23,27)(H,25,26)/t14-/m0/s1. The number of carboxylic acid groups (broad SMARTS) is 1. The summed E-state index contributed by atoms with van der Waals surface area (Å²) in [5.41, 5.74) is 1.04. The number of thiazole rings is 1. The first kappa shape index (κ1) is 20.3. The molecule has 1 aromatic heterocycles. The number of halogens is 3. The fraction of sp³-hybridized carbons (Fsp3) is 0.105. The number of hydrogen-bond donors (Lipinski definition) is 2. The van der Waals surface area contributed by atoms with Gasteiger partial charge >= 0.3 is 5.97 Å². The lowest BCUT2D eigenvalue weighted by Gasteiger charge is -2.17. The highest BCUT2D eigenvalue weighted by Gasteiger charge is 2.21. The molecule has 0 unspecified atom stereocenters. The smallest absolute Gasteiger partial charge is 0.305 e. The van der Waals surface area contributed by atoms with Crippen LogP contribution in [-0.2, 0) is 4.79 Å². The summed E-state index contributed by atoms with van der Waals surface area (Å²) >= 11 is 13.4. The van der Waals surface area contributed by atoms with Gasteiger partial charge in [-0.3, -0.25) is 9.59 Å². The second kappa shape index (κ2) is 8.68. The first-order valence-corrected chi connectivity index (χ1v) is 9.66. The number of nitrogens with zero attached hydrogens (tertiary/aromatic N) is 1. The van der Waals surface area contributed by atoms with Crippen LogP contribution in [0, 0.1) is 5.82 Å². The van der Waals surface area contributed by atoms with E-state index in [1.54, 1.807) is 24.3 Å². The second-order valence-corrected chi connectivity index (χ2v) is 7.46. The zero-order chi connectivity index (χ0) is 20.3. The van der Waals surface area contributed by atoms with Crippen molar-refractivity contribution < 1.29 is 19.1 Å². The highest BCUT2D eigenvalue weighted by Crippen LogP contribution is 2.35. The largest absolute Gasteiger partial charge is 0.481 e. The predicted molar refractivity (Wildman–Crippen MR) is 106 cm³/mol. The van der Waals surface area contributed by atoms with Crippen LogP contribution in [0.4, 0.5) is 4.39 Å². The molecule has 0 radical (unpaired) electrons. The molecular weight excluding hydrogens is 426 g/mol. The lowest BCUT2D eigenvalue weighted by atomic mass is 10.0. The van der Waals surface area contributed by atoms with Crippen LogP contribution in [0.25, 0.3) is 10.6 Å². The van der Waals surface area contributed by atoms with Crippen molar-refractivity contribution in [3.8, 4) is 10.6 Å². The Morgan fingerprint density at radius 2 is 1.96 bits per heavy atom. The Morgan fingerprint density at radius 3 is 2.68 bits per heavy atom. The summed E-state index contributed by atoms with van der Waals surface area (Å²) in [6.07, 6.45) is -0.397. The van der Waals surface area contributed by atoms with Crippen LogP contribution in [0.15, 0.2) is 47.8 Å². The molecule has 3 rings (SSSR count). The number of rotatable bonds is 6. The minimum Gasteiger partial charge on any atom is -0.481 e. The van der Waals surface area contributed by atoms with Crippen molar-refractivity contribution in [1.82, 2.24) is 10.3 Å². The summed E-state index contributed by atoms with van der Waals surface area (Å²) in [5, 5.41) is 14.4. The molecule has 0 saturated carbocycles. The molecule has 5 nitrogen and oxygen atoms in total. The number of carboxylic acids is 1. The summed E-state index contributed by atoms with van der Waals surface area (Å²) in [7, 11) is 0. The van der Waals surface area contributed by atoms with Crippen molar-refractivity contribution in [2.45, 2.75) is 12.5 Å². The summed E-state index contributed by atoms with van der Waals surface area (Å²) in [5.74, 6) is -2.22. The van der Waals surface area contributed by atoms with Gasteiger partial charge in [0, 0.05) is 10.9 Å². The van der Waals surface area contributed by atoms with Crippen LogP contribution in [0.2, 0.25) is 10.0 Å². The Morgan fingerprint density at radius 1 is 1.21 bits per heavy atom. The third-order valence-corrected chi connectivity index (χ3v) is 5.55. The molecule has 2 aromatic carbocycles. The summed E-state index contributed by atoms with van der Waals surface area (Å²) < 4.78 is 13.5. The third kappa shape index (κ3) is 4.67. The maximum absolute atomic E-state index is 13.5. The van der Waals surface area contributed by atoms with Gasteiger partial charge < -0.3 is 10.4 Å². The lowest BCUT2D eigenvalue weighted by Crippen LogP contribution is -2.30. The van der Waals surface area contributed by atoms with Gasteiger partial charge in [0.1, 0.15) is 16.5 Å². The van der Waals surface area contributed by atoms with Gasteiger partial charge in [0.2, 0.25) is 0 Å². The Labute approximate surface area is 173 Å². The molecule has 2 N–H and O–H groups in total. The second-order valence-electron chi connectivity index (χ2n) is 5.82. The number of carbonyl (C=O) groups is 2. The molecule has 0 aliphatic carbocycles. The molecule has 9 heteroatoms. The van der Waals surface area contributed by atoms with E-state index in [1.165, 1.54) is 34.9 Å². The highest BCUT2D eigenvalue weighted by molar-refractivity contribution is 7.13. The summed E-state index contributed by atoms with van der Waals surface area (Å²) in [4.78, 5) is 28.0. The van der Waals surface area contributed by atoms with Crippen LogP contribution in [0.1, 0.15) is 28.5 Å². The predicted octanol–water partition coefficient (Wildman–Crippen LogP) is 5.20. The lowest BCUT2D eigenvalue weighted by molar-refractivity contribution is -0.137. The number of aliphatic carboxylic acids is 1. The molecule has 3 aromatic rings. The van der Waals surface area contributed by atoms with Gasteiger partial charge in [-0.1, -0.05) is 47.5 Å². The molecule has 0 aliphatic rings. The minimum absolute atomic E-state index is 0.0998. The van der Waals surface area contributed by atoms with E-state index in [0.717, 1.165) is 0 Å². The Kier molecular flexibility index (Phi) is 6.28. The molecule has 0 spiro atoms. The number of nitrogens with one attached hydrogen (secondary N) is 1. The minimum atomic E-state index is -1.13. The van der Waals surface area contributed by atoms with E-state index < -0.39 is 30.2 Å². The quantitative estimate of drug-likeness (QED) is 0.553. The van der Waals surface area contributed by atoms with Crippen LogP contribution in [0.5, 0.6) is 0 Å². The SMILES string of the molecule is O=C(O)C[C@H](NC(=O)c1csc(-c2cccc(Cl)c2Cl)n1)c1cccc(F)c1. The van der Waals surface area contributed by atoms with Gasteiger partial charge in [-0.2, -0.15) is 0 Å². The average molecular weight is 439 g/mol. The topological polar surface area (TPSA) is 79.3 Å². The van der Waals surface area contributed by atoms with Gasteiger partial charge in [0.15, 0.2) is 0 Å². The third-order valence-electron chi connectivity index (χ3n) is 3.85. The van der Waals surface area contributed by atoms with E-state index in [1.807, 2.05) is 0 Å². The van der Waals surface area contributed by atoms with Gasteiger partial charge in [0.25, 0.3) is 5.91 Å². The van der Waals surface area contributed by atoms with E-state index in [4.69, 9.17) is 28.3 Å². The fourth-order valence-corrected chi connectivity index (χ4v) is 3.83. The van der Waals surface area contributed by atoms with E-state index in [2.05, 4.69) is 10.3 Å². The molecule has 144 valence electrons. The number of carbonyl (C=O) groups excluding carboxylic acids is 1. The van der Waals surface area contributed by atoms with Gasteiger partial charge in [0.05, 0.1) is 22.5 Å². The van der Waals surface area contributed by atoms with Crippen LogP contribution in [-0.4, -0.2) is 22.0 Å². The number of amides is 1. The van der Waals surface area contributed by atoms with E-state index in [0.29, 0.717) is 26.2 Å². The Balaban J connectivity index is 1.84. The molecule has 0 saturated heterocycles. The van der Waals surface area contributed by atoms with Crippen molar-refractivity contribution in [1.29, 1.82) is 0 Å². The first-order valence-electron chi connectivity index (χ1n) is 8.03. The number of aromatic nitrogens is 1. The van der Waals surface area contributed by atoms with E-state index >= 15 is 0 Å². The Bertz CT molecular complexity index is 1040. The molecule has 28 heavy (non-hydrogen) atoms. The zero-order valence-electron chi connectivity index (χ0n) is 14.2. The Hall–Kier alpha value is -2.48. The van der Waals surface area contributed by atoms with Gasteiger partial charge in [-0.05, 0) is 23.8 Å². The van der Waals surface area contributed by atoms with Crippen molar-refractivity contribution in [3.05, 3.63) is 75.0 Å². The van der Waals surface area contributed by atoms with Crippen LogP contribution >= 0.6 is 34.5 Å². The van der Waals surface area contributed by atoms with Crippen LogP contribution in [0.3, 0.4) is 0 Å². The molecule has 1 amide bonds. The number of hydrogen-bond acceptors (Lipinski definition) is 4. The molecule has 0 bridgehead atoms. The fourth-order valence-electron chi connectivity index (χ4n) is 2.55. The molecule has 1 atom stereocenters. The van der Waals surface area contributed by atoms with E-state index in [9.17, 15) is 14.0 Å². The van der Waals surface area contributed by atoms with Crippen molar-refractivity contribution in [3.63, 3.8) is 0 Å². The summed E-state index contributed by atoms with van der Waals surface area (Å²) in [6.45, 7) is 0. The van der Waals surface area contributed by atoms with Crippen molar-refractivity contribution in [2.75, 3.05) is 0 Å². The van der Waals surface area contributed by atoms with Crippen molar-refractivity contribution in [2.24, 2.45) is 0 Å². The molecule has 1 heterocycles. The van der Waals surface area contributed by atoms with Crippen LogP contribution < -0.4 is 5.32 Å². The van der Waals surface area contributed by atoms with E-state index in [-0.39, 0.29) is 5.69 Å². The monoisotopic (exact) mass is 438 g/mol. The number of benzene rings is 2. The van der Waals surface area contributed by atoms with Crippen molar-refractivity contribution >= 4 is 46.4 Å². The molecule has 0 fully saturated rings. The zero-order valence-corrected chi connectivity index (χ0v) is 16.5.